The summed E-state index contributed by atoms with van der Waals surface area (Å²) in [6, 6.07) is 17.3. The van der Waals surface area contributed by atoms with Crippen LogP contribution in [0, 0.1) is 23.7 Å². The van der Waals surface area contributed by atoms with Crippen molar-refractivity contribution in [1.82, 2.24) is 0 Å². The number of nitrogens with zero attached hydrogens (tertiary/aromatic N) is 1. The van der Waals surface area contributed by atoms with Gasteiger partial charge in [0.1, 0.15) is 11.9 Å². The lowest BCUT2D eigenvalue weighted by molar-refractivity contribution is -0.123. The summed E-state index contributed by atoms with van der Waals surface area (Å²) in [6.07, 6.45) is 5.10. The molecule has 1 saturated carbocycles. The van der Waals surface area contributed by atoms with Crippen molar-refractivity contribution in [3.63, 3.8) is 0 Å². The van der Waals surface area contributed by atoms with Crippen LogP contribution in [0.4, 0.5) is 5.69 Å². The number of imide groups is 1. The zero-order chi connectivity index (χ0) is 18.5. The summed E-state index contributed by atoms with van der Waals surface area (Å²) in [5.41, 5.74) is 1.74. The molecule has 136 valence electrons. The fourth-order valence-electron chi connectivity index (χ4n) is 4.83. The molecule has 3 aliphatic rings. The number of benzene rings is 2. The maximum absolute atomic E-state index is 12.9. The van der Waals surface area contributed by atoms with Crippen molar-refractivity contribution in [1.29, 1.82) is 0 Å². The van der Waals surface area contributed by atoms with Crippen LogP contribution in [0.2, 0.25) is 0 Å². The minimum atomic E-state index is -0.165. The monoisotopic (exact) mass is 359 g/mol. The molecule has 5 rings (SSSR count). The number of ether oxygens (including phenoxy) is 1. The van der Waals surface area contributed by atoms with Gasteiger partial charge in [-0.3, -0.25) is 14.5 Å². The first kappa shape index (κ1) is 16.3. The summed E-state index contributed by atoms with van der Waals surface area (Å²) in [5.74, 6) is 0.757. The predicted octanol–water partition coefficient (Wildman–Crippen LogP) is 4.14. The van der Waals surface area contributed by atoms with Gasteiger partial charge in [-0.2, -0.15) is 0 Å². The molecule has 2 aliphatic carbocycles. The van der Waals surface area contributed by atoms with E-state index in [9.17, 15) is 9.59 Å². The van der Waals surface area contributed by atoms with E-state index in [0.717, 1.165) is 17.7 Å². The number of carbonyl (C=O) groups is 2. The Bertz CT molecular complexity index is 888. The van der Waals surface area contributed by atoms with Crippen LogP contribution < -0.4 is 9.64 Å². The van der Waals surface area contributed by atoms with E-state index in [0.29, 0.717) is 5.69 Å². The summed E-state index contributed by atoms with van der Waals surface area (Å²) in [6.45, 7) is 2.00. The van der Waals surface area contributed by atoms with Gasteiger partial charge in [0.2, 0.25) is 11.8 Å². The number of hydrogen-bond donors (Lipinski definition) is 0. The van der Waals surface area contributed by atoms with Gasteiger partial charge in [0.15, 0.2) is 0 Å². The lowest BCUT2D eigenvalue weighted by Gasteiger charge is -2.19. The molecule has 0 N–H and O–H groups in total. The number of amides is 2. The molecule has 1 aliphatic heterocycles. The van der Waals surface area contributed by atoms with Crippen LogP contribution in [0.1, 0.15) is 25.0 Å². The van der Waals surface area contributed by atoms with Crippen molar-refractivity contribution in [2.24, 2.45) is 23.7 Å². The molecule has 0 radical (unpaired) electrons. The maximum atomic E-state index is 12.9. The molecule has 1 heterocycles. The molecule has 2 aromatic rings. The number of carbonyl (C=O) groups excluding carboxylic acids is 2. The molecule has 1 saturated heterocycles. The summed E-state index contributed by atoms with van der Waals surface area (Å²) in [5, 5.41) is 0. The minimum absolute atomic E-state index is 0.0480. The van der Waals surface area contributed by atoms with Crippen molar-refractivity contribution >= 4 is 17.5 Å². The van der Waals surface area contributed by atoms with Gasteiger partial charge < -0.3 is 4.74 Å². The maximum Gasteiger partial charge on any atom is 0.238 e. The number of rotatable bonds is 4. The Labute approximate surface area is 158 Å². The highest BCUT2D eigenvalue weighted by Crippen LogP contribution is 2.53. The molecular formula is C23H21NO3. The van der Waals surface area contributed by atoms with Crippen LogP contribution >= 0.6 is 0 Å². The predicted molar refractivity (Wildman–Crippen MR) is 102 cm³/mol. The molecular weight excluding hydrogens is 338 g/mol. The topological polar surface area (TPSA) is 46.6 Å². The van der Waals surface area contributed by atoms with E-state index < -0.39 is 0 Å². The highest BCUT2D eigenvalue weighted by Gasteiger charge is 2.59. The average molecular weight is 359 g/mol. The molecule has 2 bridgehead atoms. The van der Waals surface area contributed by atoms with Crippen molar-refractivity contribution < 1.29 is 14.3 Å². The molecule has 2 aromatic carbocycles. The molecule has 0 aromatic heterocycles. The molecule has 5 atom stereocenters. The summed E-state index contributed by atoms with van der Waals surface area (Å²) in [7, 11) is 0. The van der Waals surface area contributed by atoms with Gasteiger partial charge in [0.05, 0.1) is 17.5 Å². The average Bonchev–Trinajstić information content (AvgIpc) is 3.37. The normalized spacial score (nSPS) is 29.3. The summed E-state index contributed by atoms with van der Waals surface area (Å²) >= 11 is 0. The lowest BCUT2D eigenvalue weighted by Crippen LogP contribution is -2.32. The third kappa shape index (κ3) is 2.51. The molecule has 4 heteroatoms. The molecule has 4 nitrogen and oxygen atoms in total. The van der Waals surface area contributed by atoms with Crippen molar-refractivity contribution in [2.45, 2.75) is 19.4 Å². The molecule has 27 heavy (non-hydrogen) atoms. The smallest absolute Gasteiger partial charge is 0.238 e. The zero-order valence-electron chi connectivity index (χ0n) is 15.1. The van der Waals surface area contributed by atoms with E-state index in [1.54, 1.807) is 12.1 Å². The molecule has 2 amide bonds. The Morgan fingerprint density at radius 2 is 1.48 bits per heavy atom. The van der Waals surface area contributed by atoms with Crippen molar-refractivity contribution in [3.8, 4) is 5.75 Å². The number of anilines is 1. The van der Waals surface area contributed by atoms with Crippen LogP contribution in [0.5, 0.6) is 5.75 Å². The molecule has 2 fully saturated rings. The summed E-state index contributed by atoms with van der Waals surface area (Å²) in [4.78, 5) is 27.1. The third-order valence-corrected chi connectivity index (χ3v) is 6.15. The lowest BCUT2D eigenvalue weighted by atomic mass is 9.85. The highest BCUT2D eigenvalue weighted by atomic mass is 16.5. The fraction of sp³-hybridized carbons (Fsp3) is 0.304. The first-order valence-electron chi connectivity index (χ1n) is 9.51. The van der Waals surface area contributed by atoms with E-state index in [2.05, 4.69) is 12.2 Å². The first-order chi connectivity index (χ1) is 13.1. The van der Waals surface area contributed by atoms with E-state index in [4.69, 9.17) is 4.74 Å². The number of hydrogen-bond acceptors (Lipinski definition) is 3. The Hall–Kier alpha value is -2.88. The standard InChI is InChI=1S/C23H21NO3/c1-14(15-5-3-2-4-6-15)27-19-11-9-18(10-12-19)24-22(25)20-16-7-8-17(13-16)21(20)23(24)26/h2-12,14,16-17,20-21H,13H2,1H3/t14-,16+,17+,20+,21+/m1/s1. The fourth-order valence-corrected chi connectivity index (χ4v) is 4.83. The second-order valence-corrected chi connectivity index (χ2v) is 7.68. The number of fused-ring (bicyclic) bond motifs is 5. The van der Waals surface area contributed by atoms with Crippen molar-refractivity contribution in [2.75, 3.05) is 4.90 Å². The van der Waals surface area contributed by atoms with Crippen LogP contribution in [-0.4, -0.2) is 11.8 Å². The van der Waals surface area contributed by atoms with Gasteiger partial charge in [-0.05, 0) is 55.0 Å². The third-order valence-electron chi connectivity index (χ3n) is 6.15. The van der Waals surface area contributed by atoms with Crippen LogP contribution in [0.3, 0.4) is 0 Å². The zero-order valence-corrected chi connectivity index (χ0v) is 15.1. The van der Waals surface area contributed by atoms with E-state index in [-0.39, 0.29) is 41.6 Å². The van der Waals surface area contributed by atoms with E-state index >= 15 is 0 Å². The van der Waals surface area contributed by atoms with Crippen LogP contribution in [0.15, 0.2) is 66.7 Å². The SMILES string of the molecule is C[C@@H](Oc1ccc(N2C(=O)[C@@H]3[C@@H](C2=O)[C@H]2C=C[C@H]3C2)cc1)c1ccccc1. The van der Waals surface area contributed by atoms with Gasteiger partial charge in [-0.25, -0.2) is 0 Å². The largest absolute Gasteiger partial charge is 0.486 e. The van der Waals surface area contributed by atoms with Crippen LogP contribution in [-0.2, 0) is 9.59 Å². The van der Waals surface area contributed by atoms with Gasteiger partial charge in [-0.1, -0.05) is 42.5 Å². The van der Waals surface area contributed by atoms with Gasteiger partial charge in [0.25, 0.3) is 0 Å². The summed E-state index contributed by atoms with van der Waals surface area (Å²) < 4.78 is 5.99. The van der Waals surface area contributed by atoms with Crippen LogP contribution in [0.25, 0.3) is 0 Å². The molecule has 0 unspecified atom stereocenters. The Morgan fingerprint density at radius 3 is 2.07 bits per heavy atom. The Balaban J connectivity index is 1.34. The van der Waals surface area contributed by atoms with Gasteiger partial charge in [-0.15, -0.1) is 0 Å². The quantitative estimate of drug-likeness (QED) is 0.609. The second kappa shape index (κ2) is 6.08. The van der Waals surface area contributed by atoms with E-state index in [1.807, 2.05) is 49.4 Å². The van der Waals surface area contributed by atoms with Crippen molar-refractivity contribution in [3.05, 3.63) is 72.3 Å². The van der Waals surface area contributed by atoms with Gasteiger partial charge >= 0.3 is 0 Å². The second-order valence-electron chi connectivity index (χ2n) is 7.68. The molecule has 0 spiro atoms. The first-order valence-corrected chi connectivity index (χ1v) is 9.51. The van der Waals surface area contributed by atoms with E-state index in [1.165, 1.54) is 4.90 Å². The van der Waals surface area contributed by atoms with Gasteiger partial charge in [0, 0.05) is 0 Å². The minimum Gasteiger partial charge on any atom is -0.486 e. The Morgan fingerprint density at radius 1 is 0.889 bits per heavy atom. The Kier molecular flexibility index (Phi) is 3.67. The number of allylic oxidation sites excluding steroid dienone is 2. The highest BCUT2D eigenvalue weighted by molar-refractivity contribution is 6.22.